The second-order valence-electron chi connectivity index (χ2n) is 8.14. The van der Waals surface area contributed by atoms with Crippen LogP contribution in [0.2, 0.25) is 0 Å². The lowest BCUT2D eigenvalue weighted by atomic mass is 10.00. The molecule has 1 atom stereocenters. The number of amides is 1. The van der Waals surface area contributed by atoms with Gasteiger partial charge in [0.2, 0.25) is 11.7 Å². The number of hydrogen-bond donors (Lipinski definition) is 0. The fourth-order valence-electron chi connectivity index (χ4n) is 4.69. The maximum atomic E-state index is 13.2. The van der Waals surface area contributed by atoms with Gasteiger partial charge in [-0.1, -0.05) is 19.4 Å². The van der Waals surface area contributed by atoms with Crippen LogP contribution in [0.5, 0.6) is 17.2 Å². The molecule has 2 saturated heterocycles. The van der Waals surface area contributed by atoms with Crippen molar-refractivity contribution in [1.29, 1.82) is 0 Å². The molecule has 1 aromatic rings. The first-order valence-electron chi connectivity index (χ1n) is 11.2. The van der Waals surface area contributed by atoms with Crippen molar-refractivity contribution in [3.63, 3.8) is 0 Å². The highest BCUT2D eigenvalue weighted by atomic mass is 16.5. The Hall–Kier alpha value is -1.99. The highest BCUT2D eigenvalue weighted by Gasteiger charge is 2.33. The molecule has 0 aromatic heterocycles. The van der Waals surface area contributed by atoms with Crippen LogP contribution in [0.25, 0.3) is 0 Å². The number of methoxy groups -OCH3 is 3. The van der Waals surface area contributed by atoms with Crippen molar-refractivity contribution >= 4 is 5.91 Å². The third-order valence-corrected chi connectivity index (χ3v) is 6.27. The zero-order chi connectivity index (χ0) is 21.5. The van der Waals surface area contributed by atoms with Crippen LogP contribution >= 0.6 is 0 Å². The van der Waals surface area contributed by atoms with Crippen LogP contribution in [0, 0.1) is 0 Å². The summed E-state index contributed by atoms with van der Waals surface area (Å²) in [7, 11) is 4.91. The zero-order valence-electron chi connectivity index (χ0n) is 19.0. The van der Waals surface area contributed by atoms with E-state index in [0.717, 1.165) is 70.6 Å². The van der Waals surface area contributed by atoms with E-state index in [2.05, 4.69) is 21.6 Å². The SMILES string of the molecule is CCCN1CCCCC1C(=O)N1CCN(Cc2ccc(OC)c(OC)c2OC)CC1. The standard InChI is InChI=1S/C23H37N3O4/c1-5-11-25-12-7-6-8-19(25)23(27)26-15-13-24(14-16-26)17-18-9-10-20(28-2)22(30-4)21(18)29-3/h9-10,19H,5-8,11-17H2,1-4H3. The molecule has 1 aromatic carbocycles. The minimum absolute atomic E-state index is 0.0798. The van der Waals surface area contributed by atoms with Gasteiger partial charge in [0.1, 0.15) is 0 Å². The summed E-state index contributed by atoms with van der Waals surface area (Å²) in [5.41, 5.74) is 1.07. The third kappa shape index (κ3) is 5.01. The fraction of sp³-hybridized carbons (Fsp3) is 0.696. The maximum absolute atomic E-state index is 13.2. The minimum atomic E-state index is 0.0798. The molecule has 2 fully saturated rings. The van der Waals surface area contributed by atoms with Gasteiger partial charge in [-0.15, -0.1) is 0 Å². The highest BCUT2D eigenvalue weighted by molar-refractivity contribution is 5.82. The lowest BCUT2D eigenvalue weighted by Gasteiger charge is -2.41. The molecule has 0 N–H and O–H groups in total. The van der Waals surface area contributed by atoms with Gasteiger partial charge in [0.05, 0.1) is 27.4 Å². The van der Waals surface area contributed by atoms with Crippen LogP contribution in [-0.2, 0) is 11.3 Å². The van der Waals surface area contributed by atoms with E-state index in [-0.39, 0.29) is 6.04 Å². The minimum Gasteiger partial charge on any atom is -0.493 e. The average molecular weight is 420 g/mol. The predicted octanol–water partition coefficient (Wildman–Crippen LogP) is 2.62. The summed E-state index contributed by atoms with van der Waals surface area (Å²) in [5.74, 6) is 2.33. The molecule has 7 nitrogen and oxygen atoms in total. The summed E-state index contributed by atoms with van der Waals surface area (Å²) in [4.78, 5) is 20.0. The number of piperidine rings is 1. The first kappa shape index (κ1) is 22.7. The number of ether oxygens (including phenoxy) is 3. The molecule has 0 aliphatic carbocycles. The molecule has 0 saturated carbocycles. The van der Waals surface area contributed by atoms with E-state index >= 15 is 0 Å². The quantitative estimate of drug-likeness (QED) is 0.646. The Balaban J connectivity index is 1.60. The fourth-order valence-corrected chi connectivity index (χ4v) is 4.69. The number of hydrogen-bond acceptors (Lipinski definition) is 6. The van der Waals surface area contributed by atoms with E-state index in [0.29, 0.717) is 23.2 Å². The number of piperazine rings is 1. The van der Waals surface area contributed by atoms with Crippen LogP contribution < -0.4 is 14.2 Å². The molecular weight excluding hydrogens is 382 g/mol. The van der Waals surface area contributed by atoms with Crippen LogP contribution in [0.3, 0.4) is 0 Å². The van der Waals surface area contributed by atoms with Gasteiger partial charge in [-0.2, -0.15) is 0 Å². The molecule has 2 aliphatic heterocycles. The molecule has 7 heteroatoms. The van der Waals surface area contributed by atoms with Gasteiger partial charge < -0.3 is 19.1 Å². The second kappa shape index (κ2) is 10.9. The Morgan fingerprint density at radius 2 is 1.70 bits per heavy atom. The van der Waals surface area contributed by atoms with Crippen molar-refractivity contribution in [3.05, 3.63) is 17.7 Å². The molecule has 0 spiro atoms. The van der Waals surface area contributed by atoms with Crippen molar-refractivity contribution in [2.24, 2.45) is 0 Å². The smallest absolute Gasteiger partial charge is 0.240 e. The van der Waals surface area contributed by atoms with E-state index in [1.54, 1.807) is 21.3 Å². The molecule has 30 heavy (non-hydrogen) atoms. The third-order valence-electron chi connectivity index (χ3n) is 6.27. The Kier molecular flexibility index (Phi) is 8.22. The van der Waals surface area contributed by atoms with Crippen molar-refractivity contribution in [1.82, 2.24) is 14.7 Å². The molecule has 2 heterocycles. The molecule has 1 amide bonds. The normalized spacial score (nSPS) is 20.8. The predicted molar refractivity (Wildman–Crippen MR) is 117 cm³/mol. The average Bonchev–Trinajstić information content (AvgIpc) is 2.79. The van der Waals surface area contributed by atoms with Crippen LogP contribution in [0.15, 0.2) is 12.1 Å². The number of carbonyl (C=O) groups excluding carboxylic acids is 1. The monoisotopic (exact) mass is 419 g/mol. The highest BCUT2D eigenvalue weighted by Crippen LogP contribution is 2.40. The number of rotatable bonds is 8. The maximum Gasteiger partial charge on any atom is 0.240 e. The van der Waals surface area contributed by atoms with E-state index in [9.17, 15) is 4.79 Å². The number of likely N-dealkylation sites (tertiary alicyclic amines) is 1. The summed E-state index contributed by atoms with van der Waals surface area (Å²) in [6, 6.07) is 4.03. The van der Waals surface area contributed by atoms with Gasteiger partial charge >= 0.3 is 0 Å². The number of benzene rings is 1. The molecule has 2 aliphatic rings. The topological polar surface area (TPSA) is 54.5 Å². The summed E-state index contributed by atoms with van der Waals surface area (Å²) in [6.07, 6.45) is 4.48. The van der Waals surface area contributed by atoms with E-state index in [1.807, 2.05) is 12.1 Å². The van der Waals surface area contributed by atoms with Gasteiger partial charge in [-0.05, 0) is 38.4 Å². The largest absolute Gasteiger partial charge is 0.493 e. The van der Waals surface area contributed by atoms with Crippen LogP contribution in [0.4, 0.5) is 0 Å². The first-order valence-corrected chi connectivity index (χ1v) is 11.2. The molecule has 168 valence electrons. The van der Waals surface area contributed by atoms with Gasteiger partial charge in [-0.3, -0.25) is 14.6 Å². The van der Waals surface area contributed by atoms with Crippen molar-refractivity contribution in [3.8, 4) is 17.2 Å². The first-order chi connectivity index (χ1) is 14.6. The van der Waals surface area contributed by atoms with Gasteiger partial charge in [0.15, 0.2) is 11.5 Å². The molecule has 0 radical (unpaired) electrons. The molecule has 1 unspecified atom stereocenters. The molecule has 3 rings (SSSR count). The summed E-state index contributed by atoms with van der Waals surface area (Å²) < 4.78 is 16.5. The Labute approximate surface area is 180 Å². The van der Waals surface area contributed by atoms with E-state index in [4.69, 9.17) is 14.2 Å². The van der Waals surface area contributed by atoms with Crippen molar-refractivity contribution < 1.29 is 19.0 Å². The zero-order valence-corrected chi connectivity index (χ0v) is 19.0. The molecule has 0 bridgehead atoms. The van der Waals surface area contributed by atoms with Crippen molar-refractivity contribution in [2.75, 3.05) is 60.6 Å². The van der Waals surface area contributed by atoms with Gasteiger partial charge in [-0.25, -0.2) is 0 Å². The van der Waals surface area contributed by atoms with Gasteiger partial charge in [0.25, 0.3) is 0 Å². The molecular formula is C23H37N3O4. The van der Waals surface area contributed by atoms with Crippen LogP contribution in [0.1, 0.15) is 38.2 Å². The lowest BCUT2D eigenvalue weighted by Crippen LogP contribution is -2.56. The summed E-state index contributed by atoms with van der Waals surface area (Å²) in [5, 5.41) is 0. The Bertz CT molecular complexity index is 702. The van der Waals surface area contributed by atoms with E-state index in [1.165, 1.54) is 6.42 Å². The summed E-state index contributed by atoms with van der Waals surface area (Å²) in [6.45, 7) is 8.33. The van der Waals surface area contributed by atoms with Gasteiger partial charge in [0, 0.05) is 38.3 Å². The number of nitrogens with zero attached hydrogens (tertiary/aromatic N) is 3. The Morgan fingerprint density at radius 1 is 0.967 bits per heavy atom. The van der Waals surface area contributed by atoms with Crippen molar-refractivity contribution in [2.45, 2.75) is 45.2 Å². The number of carbonyl (C=O) groups is 1. The van der Waals surface area contributed by atoms with E-state index < -0.39 is 0 Å². The second-order valence-corrected chi connectivity index (χ2v) is 8.14. The van der Waals surface area contributed by atoms with Crippen LogP contribution in [-0.4, -0.2) is 87.2 Å². The summed E-state index contributed by atoms with van der Waals surface area (Å²) >= 11 is 0. The lowest BCUT2D eigenvalue weighted by molar-refractivity contribution is -0.140. The Morgan fingerprint density at radius 3 is 2.33 bits per heavy atom.